The third-order valence-corrected chi connectivity index (χ3v) is 5.00. The molecular formula is C28H55NO14. The van der Waals surface area contributed by atoms with Gasteiger partial charge in [-0.25, -0.2) is 0 Å². The Balaban J connectivity index is 3.04. The van der Waals surface area contributed by atoms with E-state index in [0.717, 1.165) is 13.0 Å². The molecule has 15 nitrogen and oxygen atoms in total. The van der Waals surface area contributed by atoms with Gasteiger partial charge in [-0.15, -0.1) is 4.91 Å². The second-order valence-electron chi connectivity index (χ2n) is 8.58. The Morgan fingerprint density at radius 2 is 0.535 bits per heavy atom. The first-order valence-corrected chi connectivity index (χ1v) is 15.1. The predicted octanol–water partition coefficient (Wildman–Crippen LogP) is 1.28. The standard InChI is InChI=1S/C28H55NO14/c1-2-4-32-6-8-34-10-12-36-14-16-38-18-20-40-22-24-42-26-27-43-25-23-41-21-19-39-17-15-37-13-11-35-9-7-33-5-3-28(30)29-31/h2-27H2,1H3. The highest BCUT2D eigenvalue weighted by Crippen LogP contribution is 1.89. The van der Waals surface area contributed by atoms with Crippen molar-refractivity contribution in [1.29, 1.82) is 0 Å². The molecule has 0 bridgehead atoms. The normalized spacial score (nSPS) is 11.4. The number of rotatable bonds is 38. The predicted molar refractivity (Wildman–Crippen MR) is 156 cm³/mol. The van der Waals surface area contributed by atoms with E-state index in [0.29, 0.717) is 145 Å². The summed E-state index contributed by atoms with van der Waals surface area (Å²) >= 11 is 0. The average Bonchev–Trinajstić information content (AvgIpc) is 3.02. The molecule has 1 amide bonds. The second kappa shape index (κ2) is 38.8. The summed E-state index contributed by atoms with van der Waals surface area (Å²) in [5, 5.41) is 2.28. The van der Waals surface area contributed by atoms with Gasteiger partial charge in [0.05, 0.1) is 158 Å². The lowest BCUT2D eigenvalue weighted by molar-refractivity contribution is -0.119. The number of nitroso groups, excluding NO2 is 1. The lowest BCUT2D eigenvalue weighted by Gasteiger charge is -2.09. The Kier molecular flexibility index (Phi) is 37.7. The summed E-state index contributed by atoms with van der Waals surface area (Å²) < 4.78 is 64.7. The molecule has 43 heavy (non-hydrogen) atoms. The minimum atomic E-state index is -0.716. The molecule has 0 spiro atoms. The maximum Gasteiger partial charge on any atom is 0.288 e. The third kappa shape index (κ3) is 38.8. The maximum absolute atomic E-state index is 10.7. The summed E-state index contributed by atoms with van der Waals surface area (Å²) in [6.07, 6.45) is 1.01. The molecule has 0 unspecified atom stereocenters. The van der Waals surface area contributed by atoms with Crippen molar-refractivity contribution in [2.45, 2.75) is 19.8 Å². The van der Waals surface area contributed by atoms with Crippen LogP contribution in [0.3, 0.4) is 0 Å². The van der Waals surface area contributed by atoms with Crippen LogP contribution in [0, 0.1) is 4.91 Å². The largest absolute Gasteiger partial charge is 0.379 e. The molecule has 0 fully saturated rings. The Hall–Kier alpha value is -1.21. The van der Waals surface area contributed by atoms with Crippen LogP contribution in [0.5, 0.6) is 0 Å². The molecule has 256 valence electrons. The van der Waals surface area contributed by atoms with Gasteiger partial charge in [0, 0.05) is 11.8 Å². The van der Waals surface area contributed by atoms with Gasteiger partial charge in [0.15, 0.2) is 0 Å². The van der Waals surface area contributed by atoms with Gasteiger partial charge in [0.1, 0.15) is 0 Å². The van der Waals surface area contributed by atoms with Crippen LogP contribution in [0.4, 0.5) is 0 Å². The number of carbonyl (C=O) groups is 1. The lowest BCUT2D eigenvalue weighted by Crippen LogP contribution is -2.15. The van der Waals surface area contributed by atoms with Crippen LogP contribution >= 0.6 is 0 Å². The SMILES string of the molecule is CCCOCCOCCOCCOCCOCCOCCOCCOCCOCCOCCOCCOCCC(=O)N=O. The van der Waals surface area contributed by atoms with Crippen molar-refractivity contribution in [1.82, 2.24) is 0 Å². The van der Waals surface area contributed by atoms with Crippen molar-refractivity contribution in [2.24, 2.45) is 5.18 Å². The lowest BCUT2D eigenvalue weighted by atomic mass is 10.4. The van der Waals surface area contributed by atoms with Gasteiger partial charge in [-0.05, 0) is 6.42 Å². The van der Waals surface area contributed by atoms with Crippen molar-refractivity contribution in [2.75, 3.05) is 159 Å². The summed E-state index contributed by atoms with van der Waals surface area (Å²) in [4.78, 5) is 20.6. The fraction of sp³-hybridized carbons (Fsp3) is 0.964. The molecule has 0 aliphatic heterocycles. The Morgan fingerprint density at radius 3 is 0.721 bits per heavy atom. The zero-order valence-electron chi connectivity index (χ0n) is 26.0. The monoisotopic (exact) mass is 629 g/mol. The third-order valence-electron chi connectivity index (χ3n) is 5.00. The zero-order valence-corrected chi connectivity index (χ0v) is 26.0. The number of hydrogen-bond acceptors (Lipinski definition) is 14. The van der Waals surface area contributed by atoms with Gasteiger partial charge in [0.25, 0.3) is 5.91 Å². The van der Waals surface area contributed by atoms with Crippen molar-refractivity contribution >= 4 is 5.91 Å². The van der Waals surface area contributed by atoms with E-state index in [1.165, 1.54) is 0 Å². The smallest absolute Gasteiger partial charge is 0.288 e. The van der Waals surface area contributed by atoms with Crippen LogP contribution in [0.2, 0.25) is 0 Å². The first-order chi connectivity index (χ1) is 21.3. The Bertz CT molecular complexity index is 562. The topological polar surface area (TPSA) is 157 Å². The van der Waals surface area contributed by atoms with Crippen LogP contribution in [-0.2, 0) is 61.6 Å². The Labute approximate surface area is 256 Å². The maximum atomic E-state index is 10.7. The summed E-state index contributed by atoms with van der Waals surface area (Å²) in [5.74, 6) is -0.716. The quantitative estimate of drug-likeness (QED) is 0.0710. The molecule has 0 aromatic carbocycles. The highest BCUT2D eigenvalue weighted by Gasteiger charge is 2.00. The molecule has 0 aliphatic rings. The number of hydrogen-bond donors (Lipinski definition) is 0. The highest BCUT2D eigenvalue weighted by molar-refractivity contribution is 5.76. The number of nitrogens with zero attached hydrogens (tertiary/aromatic N) is 1. The molecule has 15 heteroatoms. The summed E-state index contributed by atoms with van der Waals surface area (Å²) in [6, 6.07) is 0. The highest BCUT2D eigenvalue weighted by atomic mass is 16.6. The van der Waals surface area contributed by atoms with E-state index in [4.69, 9.17) is 56.8 Å². The molecule has 0 rings (SSSR count). The number of ether oxygens (including phenoxy) is 12. The molecule has 0 radical (unpaired) electrons. The van der Waals surface area contributed by atoms with Crippen LogP contribution < -0.4 is 0 Å². The van der Waals surface area contributed by atoms with Crippen molar-refractivity contribution in [3.63, 3.8) is 0 Å². The minimum absolute atomic E-state index is 0.0113. The van der Waals surface area contributed by atoms with E-state index in [1.54, 1.807) is 0 Å². The second-order valence-corrected chi connectivity index (χ2v) is 8.58. The van der Waals surface area contributed by atoms with Gasteiger partial charge in [-0.1, -0.05) is 6.92 Å². The van der Waals surface area contributed by atoms with Crippen molar-refractivity contribution in [3.8, 4) is 0 Å². The zero-order chi connectivity index (χ0) is 31.2. The molecular weight excluding hydrogens is 574 g/mol. The van der Waals surface area contributed by atoms with E-state index < -0.39 is 5.91 Å². The molecule has 0 heterocycles. The molecule has 0 saturated carbocycles. The van der Waals surface area contributed by atoms with Crippen molar-refractivity contribution in [3.05, 3.63) is 4.91 Å². The van der Waals surface area contributed by atoms with E-state index in [-0.39, 0.29) is 13.0 Å². The first kappa shape index (κ1) is 41.8. The van der Waals surface area contributed by atoms with Gasteiger partial charge < -0.3 is 56.8 Å². The molecule has 0 N–H and O–H groups in total. The summed E-state index contributed by atoms with van der Waals surface area (Å²) in [6.45, 7) is 13.9. The van der Waals surface area contributed by atoms with Crippen LogP contribution in [0.25, 0.3) is 0 Å². The fourth-order valence-corrected chi connectivity index (χ4v) is 2.87. The Morgan fingerprint density at radius 1 is 0.349 bits per heavy atom. The summed E-state index contributed by atoms with van der Waals surface area (Å²) in [5.41, 5.74) is 0. The molecule has 0 aliphatic carbocycles. The number of amides is 1. The molecule has 0 atom stereocenters. The van der Waals surface area contributed by atoms with Gasteiger partial charge >= 0.3 is 0 Å². The van der Waals surface area contributed by atoms with E-state index in [1.807, 2.05) is 0 Å². The van der Waals surface area contributed by atoms with Gasteiger partial charge in [-0.2, -0.15) is 0 Å². The van der Waals surface area contributed by atoms with E-state index in [2.05, 4.69) is 12.1 Å². The van der Waals surface area contributed by atoms with Gasteiger partial charge in [-0.3, -0.25) is 4.79 Å². The summed E-state index contributed by atoms with van der Waals surface area (Å²) in [7, 11) is 0. The first-order valence-electron chi connectivity index (χ1n) is 15.1. The molecule has 0 aromatic rings. The minimum Gasteiger partial charge on any atom is -0.379 e. The van der Waals surface area contributed by atoms with E-state index >= 15 is 0 Å². The molecule has 0 aromatic heterocycles. The van der Waals surface area contributed by atoms with Crippen LogP contribution in [0.15, 0.2) is 5.18 Å². The van der Waals surface area contributed by atoms with Crippen LogP contribution in [0.1, 0.15) is 19.8 Å². The van der Waals surface area contributed by atoms with Crippen molar-refractivity contribution < 1.29 is 61.6 Å². The van der Waals surface area contributed by atoms with Crippen LogP contribution in [-0.4, -0.2) is 164 Å². The average molecular weight is 630 g/mol. The number of carbonyl (C=O) groups excluding carboxylic acids is 1. The van der Waals surface area contributed by atoms with E-state index in [9.17, 15) is 9.70 Å². The molecule has 0 saturated heterocycles. The van der Waals surface area contributed by atoms with Gasteiger partial charge in [0.2, 0.25) is 0 Å². The fourth-order valence-electron chi connectivity index (χ4n) is 2.87.